The molecule has 1 aromatic heterocycles. The Bertz CT molecular complexity index is 751. The second-order valence-corrected chi connectivity index (χ2v) is 4.14. The Morgan fingerprint density at radius 3 is 2.95 bits per heavy atom. The molecule has 3 aromatic rings. The lowest BCUT2D eigenvalue weighted by Gasteiger charge is -2.05. The molecule has 5 heteroatoms. The molecule has 0 unspecified atom stereocenters. The van der Waals surface area contributed by atoms with E-state index in [4.69, 9.17) is 0 Å². The van der Waals surface area contributed by atoms with Gasteiger partial charge in [-0.25, -0.2) is 4.39 Å². The number of halogens is 1. The maximum absolute atomic E-state index is 13.0. The zero-order valence-corrected chi connectivity index (χ0v) is 9.85. The maximum Gasteiger partial charge on any atom is 0.255 e. The highest BCUT2D eigenvalue weighted by Gasteiger charge is 2.08. The molecule has 19 heavy (non-hydrogen) atoms. The number of aromatic amines is 1. The quantitative estimate of drug-likeness (QED) is 0.739. The molecule has 0 aliphatic carbocycles. The van der Waals surface area contributed by atoms with Gasteiger partial charge in [0.1, 0.15) is 5.82 Å². The minimum atomic E-state index is -0.387. The molecule has 0 aliphatic rings. The number of H-pyrrole nitrogens is 1. The van der Waals surface area contributed by atoms with E-state index < -0.39 is 0 Å². The number of rotatable bonds is 2. The number of carbonyl (C=O) groups is 1. The molecule has 2 aromatic carbocycles. The molecule has 2 N–H and O–H groups in total. The predicted molar refractivity (Wildman–Crippen MR) is 70.4 cm³/mol. The third-order valence-electron chi connectivity index (χ3n) is 2.79. The first-order valence-corrected chi connectivity index (χ1v) is 5.72. The summed E-state index contributed by atoms with van der Waals surface area (Å²) in [5, 5.41) is 10.3. The van der Waals surface area contributed by atoms with Gasteiger partial charge in [0.25, 0.3) is 5.91 Å². The van der Waals surface area contributed by atoms with Crippen molar-refractivity contribution in [2.24, 2.45) is 0 Å². The van der Waals surface area contributed by atoms with Gasteiger partial charge in [0.15, 0.2) is 0 Å². The highest BCUT2D eigenvalue weighted by Crippen LogP contribution is 2.15. The smallest absolute Gasteiger partial charge is 0.255 e. The second-order valence-electron chi connectivity index (χ2n) is 4.14. The summed E-state index contributed by atoms with van der Waals surface area (Å²) in [6.07, 6.45) is 1.68. The molecule has 0 saturated carbocycles. The molecule has 3 rings (SSSR count). The third-order valence-corrected chi connectivity index (χ3v) is 2.79. The van der Waals surface area contributed by atoms with Gasteiger partial charge in [-0.15, -0.1) is 0 Å². The average Bonchev–Trinajstić information content (AvgIpc) is 2.85. The summed E-state index contributed by atoms with van der Waals surface area (Å²) in [5.41, 5.74) is 1.70. The zero-order chi connectivity index (χ0) is 13.2. The monoisotopic (exact) mass is 255 g/mol. The topological polar surface area (TPSA) is 57.8 Å². The lowest BCUT2D eigenvalue weighted by molar-refractivity contribution is 0.102. The van der Waals surface area contributed by atoms with Gasteiger partial charge < -0.3 is 5.32 Å². The van der Waals surface area contributed by atoms with Crippen molar-refractivity contribution < 1.29 is 9.18 Å². The molecule has 0 atom stereocenters. The van der Waals surface area contributed by atoms with Crippen LogP contribution in [0.25, 0.3) is 10.9 Å². The predicted octanol–water partition coefficient (Wildman–Crippen LogP) is 2.95. The van der Waals surface area contributed by atoms with Crippen LogP contribution < -0.4 is 5.32 Å². The molecule has 0 fully saturated rings. The van der Waals surface area contributed by atoms with Crippen LogP contribution in [-0.4, -0.2) is 16.1 Å². The number of anilines is 1. The van der Waals surface area contributed by atoms with Crippen LogP contribution in [0.5, 0.6) is 0 Å². The Balaban J connectivity index is 1.87. The summed E-state index contributed by atoms with van der Waals surface area (Å²) < 4.78 is 13.0. The number of amides is 1. The summed E-state index contributed by atoms with van der Waals surface area (Å²) in [5.74, 6) is -0.677. The lowest BCUT2D eigenvalue weighted by Crippen LogP contribution is -2.11. The van der Waals surface area contributed by atoms with Gasteiger partial charge in [-0.05, 0) is 30.3 Å². The first kappa shape index (κ1) is 11.4. The van der Waals surface area contributed by atoms with E-state index in [2.05, 4.69) is 15.5 Å². The van der Waals surface area contributed by atoms with Gasteiger partial charge >= 0.3 is 0 Å². The van der Waals surface area contributed by atoms with Crippen molar-refractivity contribution in [2.75, 3.05) is 5.32 Å². The first-order chi connectivity index (χ1) is 9.22. The summed E-state index contributed by atoms with van der Waals surface area (Å²) >= 11 is 0. The largest absolute Gasteiger partial charge is 0.322 e. The highest BCUT2D eigenvalue weighted by molar-refractivity contribution is 6.06. The molecule has 1 amide bonds. The molecule has 0 aliphatic heterocycles. The molecule has 0 saturated heterocycles. The average molecular weight is 255 g/mol. The molecule has 0 radical (unpaired) electrons. The Kier molecular flexibility index (Phi) is 2.72. The van der Waals surface area contributed by atoms with Gasteiger partial charge in [-0.2, -0.15) is 5.10 Å². The highest BCUT2D eigenvalue weighted by atomic mass is 19.1. The fourth-order valence-electron chi connectivity index (χ4n) is 1.85. The lowest BCUT2D eigenvalue weighted by atomic mass is 10.1. The molecule has 4 nitrogen and oxygen atoms in total. The third kappa shape index (κ3) is 2.30. The number of fused-ring (bicyclic) bond motifs is 1. The van der Waals surface area contributed by atoms with E-state index in [1.165, 1.54) is 12.1 Å². The minimum absolute atomic E-state index is 0.290. The van der Waals surface area contributed by atoms with Crippen LogP contribution in [0.4, 0.5) is 10.1 Å². The summed E-state index contributed by atoms with van der Waals surface area (Å²) in [7, 11) is 0. The van der Waals surface area contributed by atoms with E-state index in [-0.39, 0.29) is 11.7 Å². The number of hydrogen-bond donors (Lipinski definition) is 2. The van der Waals surface area contributed by atoms with Crippen molar-refractivity contribution in [2.45, 2.75) is 0 Å². The van der Waals surface area contributed by atoms with E-state index >= 15 is 0 Å². The van der Waals surface area contributed by atoms with Crippen molar-refractivity contribution in [1.82, 2.24) is 10.2 Å². The van der Waals surface area contributed by atoms with E-state index in [0.29, 0.717) is 11.3 Å². The van der Waals surface area contributed by atoms with Gasteiger partial charge in [0.2, 0.25) is 0 Å². The Labute approximate surface area is 108 Å². The second kappa shape index (κ2) is 4.53. The number of hydrogen-bond acceptors (Lipinski definition) is 2. The maximum atomic E-state index is 13.0. The molecule has 0 spiro atoms. The number of aromatic nitrogens is 2. The van der Waals surface area contributed by atoms with E-state index in [0.717, 1.165) is 10.9 Å². The van der Waals surface area contributed by atoms with Gasteiger partial charge in [-0.1, -0.05) is 12.1 Å². The van der Waals surface area contributed by atoms with Gasteiger partial charge in [0.05, 0.1) is 11.7 Å². The molecule has 1 heterocycles. The van der Waals surface area contributed by atoms with Crippen molar-refractivity contribution in [1.29, 1.82) is 0 Å². The van der Waals surface area contributed by atoms with Gasteiger partial charge in [0, 0.05) is 16.6 Å². The fourth-order valence-corrected chi connectivity index (χ4v) is 1.85. The van der Waals surface area contributed by atoms with Crippen LogP contribution >= 0.6 is 0 Å². The molecule has 0 bridgehead atoms. The molecular weight excluding hydrogens is 245 g/mol. The van der Waals surface area contributed by atoms with Crippen molar-refractivity contribution in [3.05, 3.63) is 60.0 Å². The Morgan fingerprint density at radius 1 is 1.21 bits per heavy atom. The van der Waals surface area contributed by atoms with Crippen LogP contribution in [0.3, 0.4) is 0 Å². The number of nitrogens with zero attached hydrogens (tertiary/aromatic N) is 1. The van der Waals surface area contributed by atoms with Crippen LogP contribution in [0, 0.1) is 5.82 Å². The summed E-state index contributed by atoms with van der Waals surface area (Å²) in [6, 6.07) is 11.0. The van der Waals surface area contributed by atoms with E-state index in [1.54, 1.807) is 36.5 Å². The summed E-state index contributed by atoms with van der Waals surface area (Å²) in [4.78, 5) is 12.0. The standard InChI is InChI=1S/C14H10FN3O/c15-11-2-1-3-12(7-11)17-14(19)9-4-5-10-8-16-18-13(10)6-9/h1-8H,(H,16,18)(H,17,19). The Hall–Kier alpha value is -2.69. The SMILES string of the molecule is O=C(Nc1cccc(F)c1)c1ccc2cn[nH]c2c1. The normalized spacial score (nSPS) is 10.6. The molecule has 94 valence electrons. The number of nitrogens with one attached hydrogen (secondary N) is 2. The van der Waals surface area contributed by atoms with Crippen molar-refractivity contribution in [3.63, 3.8) is 0 Å². The number of carbonyl (C=O) groups excluding carboxylic acids is 1. The van der Waals surface area contributed by atoms with Crippen LogP contribution in [-0.2, 0) is 0 Å². The fraction of sp³-hybridized carbons (Fsp3) is 0. The first-order valence-electron chi connectivity index (χ1n) is 5.72. The van der Waals surface area contributed by atoms with Crippen molar-refractivity contribution >= 4 is 22.5 Å². The Morgan fingerprint density at radius 2 is 2.11 bits per heavy atom. The van der Waals surface area contributed by atoms with E-state index in [9.17, 15) is 9.18 Å². The van der Waals surface area contributed by atoms with E-state index in [1.807, 2.05) is 0 Å². The van der Waals surface area contributed by atoms with Gasteiger partial charge in [-0.3, -0.25) is 9.89 Å². The van der Waals surface area contributed by atoms with Crippen LogP contribution in [0.1, 0.15) is 10.4 Å². The minimum Gasteiger partial charge on any atom is -0.322 e. The number of benzene rings is 2. The molecular formula is C14H10FN3O. The van der Waals surface area contributed by atoms with Crippen LogP contribution in [0.2, 0.25) is 0 Å². The van der Waals surface area contributed by atoms with Crippen molar-refractivity contribution in [3.8, 4) is 0 Å². The summed E-state index contributed by atoms with van der Waals surface area (Å²) in [6.45, 7) is 0. The van der Waals surface area contributed by atoms with Crippen LogP contribution in [0.15, 0.2) is 48.7 Å². The zero-order valence-electron chi connectivity index (χ0n) is 9.85.